The van der Waals surface area contributed by atoms with Crippen LogP contribution in [0.15, 0.2) is 24.3 Å². The highest BCUT2D eigenvalue weighted by Gasteiger charge is 2.45. The summed E-state index contributed by atoms with van der Waals surface area (Å²) >= 11 is 5.40. The van der Waals surface area contributed by atoms with Crippen LogP contribution in [0.2, 0.25) is 0 Å². The Morgan fingerprint density at radius 3 is 2.42 bits per heavy atom. The molecular formula is C16H22O2S. The number of unbranched alkanes of at least 4 members (excludes halogenated alkanes) is 2. The Hall–Kier alpha value is -1.09. The van der Waals surface area contributed by atoms with E-state index in [9.17, 15) is 0 Å². The third-order valence-electron chi connectivity index (χ3n) is 3.68. The third kappa shape index (κ3) is 3.93. The largest absolute Gasteiger partial charge is 0.497 e. The molecule has 0 radical (unpaired) electrons. The predicted octanol–water partition coefficient (Wildman–Crippen LogP) is 4.50. The Bertz CT molecular complexity index is 421. The van der Waals surface area contributed by atoms with Gasteiger partial charge in [-0.1, -0.05) is 19.8 Å². The van der Waals surface area contributed by atoms with Gasteiger partial charge < -0.3 is 9.47 Å². The fourth-order valence-electron chi connectivity index (χ4n) is 2.22. The van der Waals surface area contributed by atoms with Crippen molar-refractivity contribution in [2.45, 2.75) is 51.0 Å². The molecule has 0 saturated heterocycles. The molecule has 0 unspecified atom stereocenters. The van der Waals surface area contributed by atoms with E-state index in [1.807, 2.05) is 24.3 Å². The first-order valence-corrected chi connectivity index (χ1v) is 7.47. The molecule has 0 aliphatic heterocycles. The molecule has 0 heterocycles. The van der Waals surface area contributed by atoms with Gasteiger partial charge in [-0.3, -0.25) is 0 Å². The Balaban J connectivity index is 1.89. The molecule has 1 aromatic carbocycles. The maximum absolute atomic E-state index is 6.05. The summed E-state index contributed by atoms with van der Waals surface area (Å²) in [7, 11) is 1.66. The quantitative estimate of drug-likeness (QED) is 0.540. The standard InChI is InChI=1S/C16H22O2S/c1-3-4-5-10-16(11-12-16)18-15(19)13-6-8-14(17-2)9-7-13/h6-9H,3-5,10-12H2,1-2H3. The minimum absolute atomic E-state index is 0.0478. The lowest BCUT2D eigenvalue weighted by Gasteiger charge is -2.18. The zero-order valence-electron chi connectivity index (χ0n) is 11.8. The first-order valence-electron chi connectivity index (χ1n) is 7.06. The van der Waals surface area contributed by atoms with Crippen molar-refractivity contribution in [1.29, 1.82) is 0 Å². The zero-order valence-corrected chi connectivity index (χ0v) is 12.6. The van der Waals surface area contributed by atoms with Gasteiger partial charge in [0.1, 0.15) is 11.4 Å². The molecule has 0 bridgehead atoms. The minimum atomic E-state index is 0.0478. The van der Waals surface area contributed by atoms with E-state index < -0.39 is 0 Å². The molecule has 0 aromatic heterocycles. The van der Waals surface area contributed by atoms with Crippen molar-refractivity contribution < 1.29 is 9.47 Å². The van der Waals surface area contributed by atoms with Crippen molar-refractivity contribution in [3.8, 4) is 5.75 Å². The number of hydrogen-bond donors (Lipinski definition) is 0. The van der Waals surface area contributed by atoms with Gasteiger partial charge in [-0.2, -0.15) is 0 Å². The van der Waals surface area contributed by atoms with Crippen molar-refractivity contribution in [3.05, 3.63) is 29.8 Å². The van der Waals surface area contributed by atoms with Crippen LogP contribution < -0.4 is 4.74 Å². The Kier molecular flexibility index (Phi) is 4.81. The molecule has 1 aromatic rings. The normalized spacial score (nSPS) is 15.9. The maximum Gasteiger partial charge on any atom is 0.191 e. The summed E-state index contributed by atoms with van der Waals surface area (Å²) in [5, 5.41) is 0.622. The van der Waals surface area contributed by atoms with Gasteiger partial charge in [-0.25, -0.2) is 0 Å². The van der Waals surface area contributed by atoms with Gasteiger partial charge in [0, 0.05) is 5.56 Å². The minimum Gasteiger partial charge on any atom is -0.497 e. The summed E-state index contributed by atoms with van der Waals surface area (Å²) in [6.07, 6.45) is 7.19. The first kappa shape index (κ1) is 14.3. The lowest BCUT2D eigenvalue weighted by molar-refractivity contribution is 0.157. The van der Waals surface area contributed by atoms with Crippen LogP contribution in [-0.2, 0) is 4.74 Å². The molecule has 0 amide bonds. The van der Waals surface area contributed by atoms with Crippen LogP contribution in [0, 0.1) is 0 Å². The van der Waals surface area contributed by atoms with E-state index in [-0.39, 0.29) is 5.60 Å². The van der Waals surface area contributed by atoms with Crippen LogP contribution in [0.25, 0.3) is 0 Å². The number of ether oxygens (including phenoxy) is 2. The Labute approximate surface area is 121 Å². The summed E-state index contributed by atoms with van der Waals surface area (Å²) in [5.41, 5.74) is 1.02. The Morgan fingerprint density at radius 1 is 1.21 bits per heavy atom. The van der Waals surface area contributed by atoms with Crippen LogP contribution in [0.4, 0.5) is 0 Å². The number of rotatable bonds is 7. The molecule has 1 aliphatic carbocycles. The van der Waals surface area contributed by atoms with Crippen molar-refractivity contribution >= 4 is 17.3 Å². The second-order valence-electron chi connectivity index (χ2n) is 5.26. The van der Waals surface area contributed by atoms with E-state index in [4.69, 9.17) is 21.7 Å². The topological polar surface area (TPSA) is 18.5 Å². The van der Waals surface area contributed by atoms with Crippen LogP contribution in [0.5, 0.6) is 5.75 Å². The lowest BCUT2D eigenvalue weighted by Crippen LogP contribution is -2.19. The van der Waals surface area contributed by atoms with Gasteiger partial charge in [0.25, 0.3) is 0 Å². The monoisotopic (exact) mass is 278 g/mol. The highest BCUT2D eigenvalue weighted by molar-refractivity contribution is 7.80. The second kappa shape index (κ2) is 6.38. The third-order valence-corrected chi connectivity index (χ3v) is 4.00. The molecule has 104 valence electrons. The second-order valence-corrected chi connectivity index (χ2v) is 5.63. The average Bonchev–Trinajstić information content (AvgIpc) is 3.19. The van der Waals surface area contributed by atoms with Crippen LogP contribution in [0.3, 0.4) is 0 Å². The fraction of sp³-hybridized carbons (Fsp3) is 0.562. The fourth-order valence-corrected chi connectivity index (χ4v) is 2.54. The van der Waals surface area contributed by atoms with Gasteiger partial charge in [0.2, 0.25) is 0 Å². The van der Waals surface area contributed by atoms with Gasteiger partial charge >= 0.3 is 0 Å². The molecule has 2 rings (SSSR count). The van der Waals surface area contributed by atoms with Crippen molar-refractivity contribution in [2.24, 2.45) is 0 Å². The van der Waals surface area contributed by atoms with E-state index in [0.29, 0.717) is 5.05 Å². The van der Waals surface area contributed by atoms with Crippen LogP contribution in [0.1, 0.15) is 51.0 Å². The summed E-state index contributed by atoms with van der Waals surface area (Å²) in [5.74, 6) is 0.843. The lowest BCUT2D eigenvalue weighted by atomic mass is 10.1. The highest BCUT2D eigenvalue weighted by Crippen LogP contribution is 2.44. The summed E-state index contributed by atoms with van der Waals surface area (Å²) in [4.78, 5) is 0. The molecule has 0 atom stereocenters. The van der Waals surface area contributed by atoms with Gasteiger partial charge in [-0.05, 0) is 62.2 Å². The summed E-state index contributed by atoms with van der Waals surface area (Å²) in [6, 6.07) is 7.76. The molecule has 1 saturated carbocycles. The van der Waals surface area contributed by atoms with Crippen LogP contribution >= 0.6 is 12.2 Å². The average molecular weight is 278 g/mol. The summed E-state index contributed by atoms with van der Waals surface area (Å²) in [6.45, 7) is 2.22. The van der Waals surface area contributed by atoms with Crippen LogP contribution in [-0.4, -0.2) is 17.8 Å². The molecule has 3 heteroatoms. The van der Waals surface area contributed by atoms with Crippen molar-refractivity contribution in [2.75, 3.05) is 7.11 Å². The van der Waals surface area contributed by atoms with E-state index in [1.54, 1.807) is 7.11 Å². The number of hydrogen-bond acceptors (Lipinski definition) is 3. The maximum atomic E-state index is 6.05. The van der Waals surface area contributed by atoms with E-state index in [0.717, 1.165) is 30.6 Å². The van der Waals surface area contributed by atoms with E-state index in [1.165, 1.54) is 19.3 Å². The molecule has 2 nitrogen and oxygen atoms in total. The molecular weight excluding hydrogens is 256 g/mol. The van der Waals surface area contributed by atoms with E-state index >= 15 is 0 Å². The number of methoxy groups -OCH3 is 1. The SMILES string of the molecule is CCCCCC1(OC(=S)c2ccc(OC)cc2)CC1. The first-order chi connectivity index (χ1) is 9.19. The van der Waals surface area contributed by atoms with Gasteiger partial charge in [-0.15, -0.1) is 0 Å². The molecule has 0 N–H and O–H groups in total. The molecule has 1 fully saturated rings. The zero-order chi connectivity index (χ0) is 13.7. The smallest absolute Gasteiger partial charge is 0.191 e. The van der Waals surface area contributed by atoms with Gasteiger partial charge in [0.15, 0.2) is 5.05 Å². The molecule has 1 aliphatic rings. The molecule has 0 spiro atoms. The van der Waals surface area contributed by atoms with E-state index in [2.05, 4.69) is 6.92 Å². The number of benzene rings is 1. The Morgan fingerprint density at radius 2 is 1.89 bits per heavy atom. The highest BCUT2D eigenvalue weighted by atomic mass is 32.1. The predicted molar refractivity (Wildman–Crippen MR) is 81.9 cm³/mol. The van der Waals surface area contributed by atoms with Crippen molar-refractivity contribution in [1.82, 2.24) is 0 Å². The summed E-state index contributed by atoms with van der Waals surface area (Å²) < 4.78 is 11.2. The van der Waals surface area contributed by atoms with Gasteiger partial charge in [0.05, 0.1) is 7.11 Å². The van der Waals surface area contributed by atoms with Crippen molar-refractivity contribution in [3.63, 3.8) is 0 Å². The number of thiocarbonyl (C=S) groups is 1. The molecule has 19 heavy (non-hydrogen) atoms.